The molecule has 0 aromatic heterocycles. The van der Waals surface area contributed by atoms with Crippen LogP contribution in [0.2, 0.25) is 0 Å². The molecule has 0 aromatic carbocycles. The Morgan fingerprint density at radius 2 is 2.06 bits per heavy atom. The Kier molecular flexibility index (Phi) is 4.60. The molecule has 2 saturated carbocycles. The third kappa shape index (κ3) is 3.46. The monoisotopic (exact) mass is 249 g/mol. The van der Waals surface area contributed by atoms with E-state index >= 15 is 0 Å². The van der Waals surface area contributed by atoms with Crippen LogP contribution in [0.4, 0.5) is 0 Å². The summed E-state index contributed by atoms with van der Waals surface area (Å²) in [5, 5.41) is 11.8. The zero-order chi connectivity index (χ0) is 13.0. The average Bonchev–Trinajstić information content (AvgIpc) is 3.07. The molecule has 0 aromatic rings. The van der Waals surface area contributed by atoms with Gasteiger partial charge in [0.15, 0.2) is 0 Å². The van der Waals surface area contributed by atoms with E-state index in [-0.39, 0.29) is 11.9 Å². The van der Waals surface area contributed by atoms with E-state index in [9.17, 15) is 4.79 Å². The first-order valence-corrected chi connectivity index (χ1v) is 7.15. The second-order valence-electron chi connectivity index (χ2n) is 5.54. The van der Waals surface area contributed by atoms with Gasteiger partial charge in [-0.1, -0.05) is 12.8 Å². The smallest absolute Gasteiger partial charge is 0.237 e. The van der Waals surface area contributed by atoms with Gasteiger partial charge in [-0.3, -0.25) is 9.69 Å². The SMILES string of the molecule is CC(C(=O)NC1CCCC1)N(CCC#N)C1CC1. The van der Waals surface area contributed by atoms with Crippen LogP contribution in [0.5, 0.6) is 0 Å². The fourth-order valence-corrected chi connectivity index (χ4v) is 2.82. The highest BCUT2D eigenvalue weighted by Crippen LogP contribution is 2.29. The van der Waals surface area contributed by atoms with Gasteiger partial charge in [0.25, 0.3) is 0 Å². The normalized spacial score (nSPS) is 21.8. The number of nitrogens with zero attached hydrogens (tertiary/aromatic N) is 2. The zero-order valence-electron chi connectivity index (χ0n) is 11.2. The Labute approximate surface area is 109 Å². The lowest BCUT2D eigenvalue weighted by molar-refractivity contribution is -0.126. The molecule has 1 amide bonds. The molecule has 4 heteroatoms. The molecule has 4 nitrogen and oxygen atoms in total. The molecule has 2 aliphatic carbocycles. The van der Waals surface area contributed by atoms with E-state index < -0.39 is 0 Å². The molecule has 18 heavy (non-hydrogen) atoms. The molecule has 0 bridgehead atoms. The van der Waals surface area contributed by atoms with Gasteiger partial charge in [0, 0.05) is 25.0 Å². The molecule has 0 saturated heterocycles. The molecular weight excluding hydrogens is 226 g/mol. The molecule has 0 spiro atoms. The maximum absolute atomic E-state index is 12.2. The Hall–Kier alpha value is -1.08. The van der Waals surface area contributed by atoms with Gasteiger partial charge >= 0.3 is 0 Å². The third-order valence-electron chi connectivity index (χ3n) is 4.08. The van der Waals surface area contributed by atoms with Crippen LogP contribution in [0, 0.1) is 11.3 Å². The number of nitrogens with one attached hydrogen (secondary N) is 1. The van der Waals surface area contributed by atoms with Gasteiger partial charge in [-0.15, -0.1) is 0 Å². The van der Waals surface area contributed by atoms with Crippen molar-refractivity contribution in [1.82, 2.24) is 10.2 Å². The molecular formula is C14H23N3O. The summed E-state index contributed by atoms with van der Waals surface area (Å²) in [6, 6.07) is 3.00. The summed E-state index contributed by atoms with van der Waals surface area (Å²) in [4.78, 5) is 14.4. The first-order valence-electron chi connectivity index (χ1n) is 7.15. The number of hydrogen-bond acceptors (Lipinski definition) is 3. The maximum atomic E-state index is 12.2. The van der Waals surface area contributed by atoms with Crippen molar-refractivity contribution in [3.63, 3.8) is 0 Å². The number of hydrogen-bond donors (Lipinski definition) is 1. The van der Waals surface area contributed by atoms with Crippen LogP contribution in [-0.2, 0) is 4.79 Å². The Balaban J connectivity index is 1.84. The van der Waals surface area contributed by atoms with Crippen LogP contribution in [0.25, 0.3) is 0 Å². The number of amides is 1. The summed E-state index contributed by atoms with van der Waals surface area (Å²) in [5.74, 6) is 0.145. The lowest BCUT2D eigenvalue weighted by atomic mass is 10.2. The molecule has 2 rings (SSSR count). The summed E-state index contributed by atoms with van der Waals surface area (Å²) in [6.07, 6.45) is 7.58. The predicted octanol–water partition coefficient (Wildman–Crippen LogP) is 1.81. The van der Waals surface area contributed by atoms with Gasteiger partial charge in [0.05, 0.1) is 12.1 Å². The Morgan fingerprint density at radius 3 is 2.61 bits per heavy atom. The van der Waals surface area contributed by atoms with Crippen molar-refractivity contribution >= 4 is 5.91 Å². The molecule has 2 fully saturated rings. The standard InChI is InChI=1S/C14H23N3O/c1-11(14(18)16-12-5-2-3-6-12)17(10-4-9-15)13-7-8-13/h11-13H,2-8,10H2,1H3,(H,16,18). The maximum Gasteiger partial charge on any atom is 0.237 e. The summed E-state index contributed by atoms with van der Waals surface area (Å²) in [6.45, 7) is 2.69. The van der Waals surface area contributed by atoms with Gasteiger partial charge in [0.1, 0.15) is 0 Å². The highest BCUT2D eigenvalue weighted by atomic mass is 16.2. The van der Waals surface area contributed by atoms with E-state index in [4.69, 9.17) is 5.26 Å². The van der Waals surface area contributed by atoms with E-state index in [1.807, 2.05) is 6.92 Å². The average molecular weight is 249 g/mol. The van der Waals surface area contributed by atoms with Crippen molar-refractivity contribution in [2.75, 3.05) is 6.54 Å². The van der Waals surface area contributed by atoms with Crippen molar-refractivity contribution in [3.8, 4) is 6.07 Å². The topological polar surface area (TPSA) is 56.1 Å². The van der Waals surface area contributed by atoms with Crippen LogP contribution in [0.1, 0.15) is 51.9 Å². The number of nitriles is 1. The quantitative estimate of drug-likeness (QED) is 0.781. The van der Waals surface area contributed by atoms with Crippen LogP contribution in [0.3, 0.4) is 0 Å². The van der Waals surface area contributed by atoms with Gasteiger partial charge < -0.3 is 5.32 Å². The fourth-order valence-electron chi connectivity index (χ4n) is 2.82. The Bertz CT molecular complexity index is 326. The first-order chi connectivity index (χ1) is 8.72. The van der Waals surface area contributed by atoms with Crippen molar-refractivity contribution in [2.45, 2.75) is 70.0 Å². The van der Waals surface area contributed by atoms with Crippen LogP contribution in [0.15, 0.2) is 0 Å². The number of carbonyl (C=O) groups excluding carboxylic acids is 1. The first kappa shape index (κ1) is 13.4. The van der Waals surface area contributed by atoms with Crippen molar-refractivity contribution in [1.29, 1.82) is 5.26 Å². The second-order valence-corrected chi connectivity index (χ2v) is 5.54. The summed E-state index contributed by atoms with van der Waals surface area (Å²) in [7, 11) is 0. The molecule has 1 unspecified atom stereocenters. The van der Waals surface area contributed by atoms with E-state index in [1.165, 1.54) is 25.7 Å². The van der Waals surface area contributed by atoms with Gasteiger partial charge in [-0.2, -0.15) is 5.26 Å². The van der Waals surface area contributed by atoms with Crippen LogP contribution in [-0.4, -0.2) is 35.5 Å². The minimum Gasteiger partial charge on any atom is -0.352 e. The molecule has 0 radical (unpaired) electrons. The zero-order valence-corrected chi connectivity index (χ0v) is 11.2. The summed E-state index contributed by atoms with van der Waals surface area (Å²) < 4.78 is 0. The summed E-state index contributed by atoms with van der Waals surface area (Å²) >= 11 is 0. The van der Waals surface area contributed by atoms with E-state index in [0.717, 1.165) is 19.4 Å². The minimum atomic E-state index is -0.0913. The highest BCUT2D eigenvalue weighted by molar-refractivity contribution is 5.81. The van der Waals surface area contributed by atoms with Crippen molar-refractivity contribution < 1.29 is 4.79 Å². The molecule has 1 atom stereocenters. The van der Waals surface area contributed by atoms with Crippen LogP contribution >= 0.6 is 0 Å². The molecule has 2 aliphatic rings. The highest BCUT2D eigenvalue weighted by Gasteiger charge is 2.35. The van der Waals surface area contributed by atoms with Crippen molar-refractivity contribution in [3.05, 3.63) is 0 Å². The molecule has 100 valence electrons. The van der Waals surface area contributed by atoms with E-state index in [1.54, 1.807) is 0 Å². The van der Waals surface area contributed by atoms with Gasteiger partial charge in [-0.05, 0) is 32.6 Å². The summed E-state index contributed by atoms with van der Waals surface area (Å²) in [5.41, 5.74) is 0. The van der Waals surface area contributed by atoms with Crippen LogP contribution < -0.4 is 5.32 Å². The number of carbonyl (C=O) groups is 1. The van der Waals surface area contributed by atoms with Gasteiger partial charge in [-0.25, -0.2) is 0 Å². The molecule has 0 aliphatic heterocycles. The minimum absolute atomic E-state index is 0.0913. The number of rotatable bonds is 6. The largest absolute Gasteiger partial charge is 0.352 e. The predicted molar refractivity (Wildman–Crippen MR) is 69.8 cm³/mol. The van der Waals surface area contributed by atoms with E-state index in [0.29, 0.717) is 18.5 Å². The third-order valence-corrected chi connectivity index (χ3v) is 4.08. The van der Waals surface area contributed by atoms with Gasteiger partial charge in [0.2, 0.25) is 5.91 Å². The lowest BCUT2D eigenvalue weighted by Crippen LogP contribution is -2.48. The lowest BCUT2D eigenvalue weighted by Gasteiger charge is -2.28. The Morgan fingerprint density at radius 1 is 1.39 bits per heavy atom. The van der Waals surface area contributed by atoms with Crippen molar-refractivity contribution in [2.24, 2.45) is 0 Å². The molecule has 0 heterocycles. The second kappa shape index (κ2) is 6.19. The van der Waals surface area contributed by atoms with E-state index in [2.05, 4.69) is 16.3 Å². The fraction of sp³-hybridized carbons (Fsp3) is 0.857. The molecule has 1 N–H and O–H groups in total.